The lowest BCUT2D eigenvalue weighted by Gasteiger charge is -2.22. The minimum atomic E-state index is 0.0721. The molecule has 1 aromatic rings. The van der Waals surface area contributed by atoms with Gasteiger partial charge in [-0.15, -0.1) is 0 Å². The van der Waals surface area contributed by atoms with Crippen molar-refractivity contribution in [3.05, 3.63) is 22.9 Å². The number of halogens is 1. The zero-order chi connectivity index (χ0) is 12.1. The van der Waals surface area contributed by atoms with Gasteiger partial charge in [0.1, 0.15) is 4.60 Å². The minimum absolute atomic E-state index is 0.0721. The van der Waals surface area contributed by atoms with Crippen LogP contribution >= 0.6 is 15.9 Å². The van der Waals surface area contributed by atoms with Crippen molar-refractivity contribution in [3.8, 4) is 0 Å². The highest BCUT2D eigenvalue weighted by Gasteiger charge is 2.16. The molecule has 1 amide bonds. The molecule has 1 fully saturated rings. The van der Waals surface area contributed by atoms with E-state index in [1.807, 2.05) is 12.1 Å². The molecule has 92 valence electrons. The number of hydrogen-bond acceptors (Lipinski definition) is 3. The largest absolute Gasteiger partial charge is 0.325 e. The first-order valence-corrected chi connectivity index (χ1v) is 6.65. The van der Waals surface area contributed by atoms with Gasteiger partial charge in [-0.25, -0.2) is 4.98 Å². The first kappa shape index (κ1) is 12.5. The molecule has 1 aliphatic heterocycles. The van der Waals surface area contributed by atoms with Crippen LogP contribution in [0.5, 0.6) is 0 Å². The van der Waals surface area contributed by atoms with Crippen LogP contribution in [0.15, 0.2) is 22.9 Å². The summed E-state index contributed by atoms with van der Waals surface area (Å²) in [6, 6.07) is 3.66. The quantitative estimate of drug-likeness (QED) is 0.841. The van der Waals surface area contributed by atoms with Gasteiger partial charge in [0.25, 0.3) is 0 Å². The summed E-state index contributed by atoms with van der Waals surface area (Å²) in [5.41, 5.74) is 0.752. The molecule has 2 N–H and O–H groups in total. The average Bonchev–Trinajstić information content (AvgIpc) is 2.33. The van der Waals surface area contributed by atoms with Gasteiger partial charge >= 0.3 is 0 Å². The van der Waals surface area contributed by atoms with Crippen LogP contribution in [-0.4, -0.2) is 24.0 Å². The summed E-state index contributed by atoms with van der Waals surface area (Å²) in [6.07, 6.45) is 4.54. The third-order valence-electron chi connectivity index (χ3n) is 2.88. The van der Waals surface area contributed by atoms with Gasteiger partial charge in [-0.05, 0) is 59.9 Å². The summed E-state index contributed by atoms with van der Waals surface area (Å²) < 4.78 is 0.770. The Balaban J connectivity index is 1.82. The molecule has 1 atom stereocenters. The van der Waals surface area contributed by atoms with Gasteiger partial charge in [0.15, 0.2) is 0 Å². The van der Waals surface area contributed by atoms with Crippen LogP contribution in [0.2, 0.25) is 0 Å². The van der Waals surface area contributed by atoms with E-state index >= 15 is 0 Å². The number of nitrogens with zero attached hydrogens (tertiary/aromatic N) is 1. The van der Waals surface area contributed by atoms with Gasteiger partial charge in [-0.3, -0.25) is 4.79 Å². The smallest absolute Gasteiger partial charge is 0.224 e. The number of rotatable bonds is 3. The normalized spacial score (nSPS) is 19.9. The standard InChI is InChI=1S/C12H16BrN3O/c13-11-4-3-10(8-15-11)16-12(17)6-9-2-1-5-14-7-9/h3-4,8-9,14H,1-2,5-7H2,(H,16,17). The molecule has 1 aromatic heterocycles. The van der Waals surface area contributed by atoms with E-state index in [0.717, 1.165) is 36.2 Å². The van der Waals surface area contributed by atoms with E-state index in [4.69, 9.17) is 0 Å². The first-order valence-electron chi connectivity index (χ1n) is 5.86. The van der Waals surface area contributed by atoms with Crippen LogP contribution in [0.4, 0.5) is 5.69 Å². The second kappa shape index (κ2) is 6.12. The molecule has 0 spiro atoms. The van der Waals surface area contributed by atoms with E-state index in [-0.39, 0.29) is 5.91 Å². The molecule has 1 aliphatic rings. The molecule has 1 saturated heterocycles. The van der Waals surface area contributed by atoms with Gasteiger partial charge < -0.3 is 10.6 Å². The number of carbonyl (C=O) groups is 1. The van der Waals surface area contributed by atoms with Crippen LogP contribution in [0, 0.1) is 5.92 Å². The van der Waals surface area contributed by atoms with Crippen LogP contribution in [0.1, 0.15) is 19.3 Å². The van der Waals surface area contributed by atoms with Gasteiger partial charge in [0, 0.05) is 6.42 Å². The predicted molar refractivity (Wildman–Crippen MR) is 70.8 cm³/mol. The Morgan fingerprint density at radius 2 is 2.47 bits per heavy atom. The molecular formula is C12H16BrN3O. The van der Waals surface area contributed by atoms with E-state index in [0.29, 0.717) is 12.3 Å². The van der Waals surface area contributed by atoms with Crippen molar-refractivity contribution in [1.82, 2.24) is 10.3 Å². The van der Waals surface area contributed by atoms with E-state index < -0.39 is 0 Å². The summed E-state index contributed by atoms with van der Waals surface area (Å²) in [7, 11) is 0. The number of anilines is 1. The van der Waals surface area contributed by atoms with Gasteiger partial charge in [-0.1, -0.05) is 0 Å². The molecular weight excluding hydrogens is 282 g/mol. The van der Waals surface area contributed by atoms with E-state index in [1.165, 1.54) is 0 Å². The molecule has 0 radical (unpaired) electrons. The molecule has 5 heteroatoms. The molecule has 0 saturated carbocycles. The van der Waals surface area contributed by atoms with Crippen LogP contribution in [-0.2, 0) is 4.79 Å². The fourth-order valence-electron chi connectivity index (χ4n) is 2.02. The lowest BCUT2D eigenvalue weighted by atomic mass is 9.96. The second-order valence-corrected chi connectivity index (χ2v) is 5.15. The van der Waals surface area contributed by atoms with Crippen molar-refractivity contribution in [2.45, 2.75) is 19.3 Å². The van der Waals surface area contributed by atoms with E-state index in [2.05, 4.69) is 31.5 Å². The third kappa shape index (κ3) is 4.09. The number of aromatic nitrogens is 1. The number of amides is 1. The number of pyridine rings is 1. The van der Waals surface area contributed by atoms with Crippen molar-refractivity contribution >= 4 is 27.5 Å². The molecule has 4 nitrogen and oxygen atoms in total. The highest BCUT2D eigenvalue weighted by atomic mass is 79.9. The third-order valence-corrected chi connectivity index (χ3v) is 3.35. The number of piperidine rings is 1. The van der Waals surface area contributed by atoms with Crippen LogP contribution in [0.25, 0.3) is 0 Å². The summed E-state index contributed by atoms with van der Waals surface area (Å²) in [5, 5.41) is 6.18. The number of carbonyl (C=O) groups excluding carboxylic acids is 1. The number of hydrogen-bond donors (Lipinski definition) is 2. The van der Waals surface area contributed by atoms with Gasteiger partial charge in [0.2, 0.25) is 5.91 Å². The molecule has 0 bridgehead atoms. The average molecular weight is 298 g/mol. The maximum absolute atomic E-state index is 11.8. The summed E-state index contributed by atoms with van der Waals surface area (Å²) in [4.78, 5) is 15.9. The molecule has 0 aliphatic carbocycles. The van der Waals surface area contributed by atoms with Crippen molar-refractivity contribution in [1.29, 1.82) is 0 Å². The van der Waals surface area contributed by atoms with E-state index in [9.17, 15) is 4.79 Å². The Morgan fingerprint density at radius 3 is 3.12 bits per heavy atom. The topological polar surface area (TPSA) is 54.0 Å². The van der Waals surface area contributed by atoms with E-state index in [1.54, 1.807) is 6.20 Å². The van der Waals surface area contributed by atoms with Gasteiger partial charge in [0.05, 0.1) is 11.9 Å². The fraction of sp³-hybridized carbons (Fsp3) is 0.500. The highest BCUT2D eigenvalue weighted by molar-refractivity contribution is 9.10. The Kier molecular flexibility index (Phi) is 4.50. The van der Waals surface area contributed by atoms with Crippen molar-refractivity contribution in [2.24, 2.45) is 5.92 Å². The molecule has 2 rings (SSSR count). The summed E-state index contributed by atoms with van der Waals surface area (Å²) >= 11 is 3.26. The molecule has 0 aromatic carbocycles. The molecule has 17 heavy (non-hydrogen) atoms. The van der Waals surface area contributed by atoms with Crippen molar-refractivity contribution in [3.63, 3.8) is 0 Å². The van der Waals surface area contributed by atoms with Crippen molar-refractivity contribution < 1.29 is 4.79 Å². The van der Waals surface area contributed by atoms with Gasteiger partial charge in [-0.2, -0.15) is 0 Å². The van der Waals surface area contributed by atoms with Crippen molar-refractivity contribution in [2.75, 3.05) is 18.4 Å². The summed E-state index contributed by atoms with van der Waals surface area (Å²) in [5.74, 6) is 0.537. The minimum Gasteiger partial charge on any atom is -0.325 e. The summed E-state index contributed by atoms with van der Waals surface area (Å²) in [6.45, 7) is 2.03. The Labute approximate surface area is 109 Å². The maximum atomic E-state index is 11.8. The maximum Gasteiger partial charge on any atom is 0.224 e. The van der Waals surface area contributed by atoms with Crippen LogP contribution < -0.4 is 10.6 Å². The Bertz CT molecular complexity index is 374. The SMILES string of the molecule is O=C(CC1CCCNC1)Nc1ccc(Br)nc1. The lowest BCUT2D eigenvalue weighted by molar-refractivity contribution is -0.117. The molecule has 2 heterocycles. The number of nitrogens with one attached hydrogen (secondary N) is 2. The second-order valence-electron chi connectivity index (χ2n) is 4.33. The monoisotopic (exact) mass is 297 g/mol. The zero-order valence-electron chi connectivity index (χ0n) is 9.58. The fourth-order valence-corrected chi connectivity index (χ4v) is 2.26. The molecule has 1 unspecified atom stereocenters. The lowest BCUT2D eigenvalue weighted by Crippen LogP contribution is -2.32. The zero-order valence-corrected chi connectivity index (χ0v) is 11.2. The predicted octanol–water partition coefficient (Wildman–Crippen LogP) is 2.17. The first-order chi connectivity index (χ1) is 8.24. The van der Waals surface area contributed by atoms with Crippen LogP contribution in [0.3, 0.4) is 0 Å². The Hall–Kier alpha value is -0.940. The highest BCUT2D eigenvalue weighted by Crippen LogP contribution is 2.16. The Morgan fingerprint density at radius 1 is 1.59 bits per heavy atom.